The third-order valence-electron chi connectivity index (χ3n) is 1.81. The Labute approximate surface area is 91.4 Å². The highest BCUT2D eigenvalue weighted by Crippen LogP contribution is 2.35. The van der Waals surface area contributed by atoms with Crippen molar-refractivity contribution in [1.82, 2.24) is 4.98 Å². The predicted molar refractivity (Wildman–Crippen MR) is 57.9 cm³/mol. The second-order valence-corrected chi connectivity index (χ2v) is 3.47. The average molecular weight is 266 g/mol. The van der Waals surface area contributed by atoms with Crippen LogP contribution in [-0.2, 0) is 0 Å². The number of anilines is 1. The van der Waals surface area contributed by atoms with Crippen molar-refractivity contribution in [3.8, 4) is 5.75 Å². The summed E-state index contributed by atoms with van der Waals surface area (Å²) in [7, 11) is 0. The van der Waals surface area contributed by atoms with Crippen molar-refractivity contribution in [3.05, 3.63) is 16.4 Å². The maximum absolute atomic E-state index is 5.49. The number of nitrogens with one attached hydrogen (secondary N) is 1. The zero-order chi connectivity index (χ0) is 8.55. The van der Waals surface area contributed by atoms with Crippen LogP contribution in [0.3, 0.4) is 0 Å². The molecule has 0 atom stereocenters. The Bertz CT molecular complexity index is 319. The van der Waals surface area contributed by atoms with Crippen LogP contribution >= 0.6 is 28.3 Å². The van der Waals surface area contributed by atoms with Crippen molar-refractivity contribution in [2.45, 2.75) is 6.92 Å². The first-order valence-corrected chi connectivity index (χ1v) is 4.60. The number of rotatable bonds is 0. The van der Waals surface area contributed by atoms with Crippen LogP contribution in [0, 0.1) is 6.92 Å². The number of hydrogen-bond acceptors (Lipinski definition) is 3. The smallest absolute Gasteiger partial charge is 0.160 e. The summed E-state index contributed by atoms with van der Waals surface area (Å²) in [6.07, 6.45) is 1.80. The van der Waals surface area contributed by atoms with Gasteiger partial charge in [0.15, 0.2) is 5.75 Å². The molecule has 0 radical (unpaired) electrons. The number of aromatic nitrogens is 1. The van der Waals surface area contributed by atoms with E-state index in [1.807, 2.05) is 6.92 Å². The summed E-state index contributed by atoms with van der Waals surface area (Å²) < 4.78 is 6.44. The molecule has 0 aromatic carbocycles. The molecule has 0 unspecified atom stereocenters. The van der Waals surface area contributed by atoms with E-state index >= 15 is 0 Å². The fourth-order valence-corrected chi connectivity index (χ4v) is 1.60. The molecule has 0 amide bonds. The zero-order valence-corrected chi connectivity index (χ0v) is 9.54. The second-order valence-electron chi connectivity index (χ2n) is 2.68. The molecule has 0 spiro atoms. The van der Waals surface area contributed by atoms with Gasteiger partial charge in [0.2, 0.25) is 0 Å². The summed E-state index contributed by atoms with van der Waals surface area (Å²) in [5.41, 5.74) is 1.93. The van der Waals surface area contributed by atoms with Crippen LogP contribution < -0.4 is 10.1 Å². The lowest BCUT2D eigenvalue weighted by Crippen LogP contribution is -2.18. The van der Waals surface area contributed by atoms with Gasteiger partial charge in [-0.1, -0.05) is 0 Å². The zero-order valence-electron chi connectivity index (χ0n) is 7.13. The highest BCUT2D eigenvalue weighted by molar-refractivity contribution is 9.10. The van der Waals surface area contributed by atoms with Gasteiger partial charge >= 0.3 is 0 Å². The van der Waals surface area contributed by atoms with Crippen molar-refractivity contribution in [2.75, 3.05) is 18.5 Å². The Hall–Kier alpha value is -0.480. The molecule has 2 rings (SSSR count). The predicted octanol–water partition coefficient (Wildman–Crippen LogP) is 2.38. The number of nitrogens with zero attached hydrogens (tertiary/aromatic N) is 1. The molecule has 13 heavy (non-hydrogen) atoms. The van der Waals surface area contributed by atoms with Gasteiger partial charge in [0.05, 0.1) is 22.1 Å². The van der Waals surface area contributed by atoms with Gasteiger partial charge in [0.1, 0.15) is 6.61 Å². The van der Waals surface area contributed by atoms with Gasteiger partial charge in [-0.2, -0.15) is 0 Å². The minimum atomic E-state index is 0. The number of hydrogen-bond donors (Lipinski definition) is 1. The van der Waals surface area contributed by atoms with Crippen LogP contribution in [0.25, 0.3) is 0 Å². The van der Waals surface area contributed by atoms with E-state index < -0.39 is 0 Å². The van der Waals surface area contributed by atoms with E-state index in [1.165, 1.54) is 0 Å². The van der Waals surface area contributed by atoms with Crippen molar-refractivity contribution in [2.24, 2.45) is 0 Å². The molecule has 72 valence electrons. The van der Waals surface area contributed by atoms with Crippen LogP contribution in [-0.4, -0.2) is 18.1 Å². The van der Waals surface area contributed by atoms with E-state index in [0.29, 0.717) is 0 Å². The number of pyridine rings is 1. The molecule has 1 aromatic rings. The molecule has 0 aliphatic carbocycles. The van der Waals surface area contributed by atoms with E-state index in [2.05, 4.69) is 26.2 Å². The maximum atomic E-state index is 5.49. The summed E-state index contributed by atoms with van der Waals surface area (Å²) in [4.78, 5) is 4.20. The minimum absolute atomic E-state index is 0. The Morgan fingerprint density at radius 1 is 1.62 bits per heavy atom. The lowest BCUT2D eigenvalue weighted by Gasteiger charge is -2.20. The Balaban J connectivity index is 0.000000845. The molecule has 1 aromatic heterocycles. The number of halogens is 2. The lowest BCUT2D eigenvalue weighted by atomic mass is 10.3. The van der Waals surface area contributed by atoms with Gasteiger partial charge in [-0.3, -0.25) is 4.98 Å². The van der Waals surface area contributed by atoms with Crippen LogP contribution in [0.5, 0.6) is 5.75 Å². The third-order valence-corrected chi connectivity index (χ3v) is 2.75. The molecule has 3 nitrogen and oxygen atoms in total. The molecule has 1 aliphatic rings. The van der Waals surface area contributed by atoms with Crippen molar-refractivity contribution >= 4 is 34.0 Å². The second kappa shape index (κ2) is 4.15. The third kappa shape index (κ3) is 1.89. The van der Waals surface area contributed by atoms with E-state index in [-0.39, 0.29) is 12.4 Å². The molecule has 0 saturated heterocycles. The molecular weight excluding hydrogens is 255 g/mol. The summed E-state index contributed by atoms with van der Waals surface area (Å²) in [5, 5.41) is 3.21. The first-order valence-electron chi connectivity index (χ1n) is 3.81. The maximum Gasteiger partial charge on any atom is 0.160 e. The molecule has 2 heterocycles. The normalized spacial score (nSPS) is 13.4. The van der Waals surface area contributed by atoms with E-state index in [9.17, 15) is 0 Å². The van der Waals surface area contributed by atoms with Crippen LogP contribution in [0.15, 0.2) is 10.7 Å². The van der Waals surface area contributed by atoms with Gasteiger partial charge in [0, 0.05) is 6.54 Å². The quantitative estimate of drug-likeness (QED) is 0.782. The van der Waals surface area contributed by atoms with Crippen LogP contribution in [0.4, 0.5) is 5.69 Å². The summed E-state index contributed by atoms with van der Waals surface area (Å²) >= 11 is 3.44. The molecule has 0 bridgehead atoms. The standard InChI is InChI=1S/C8H9BrN2O.ClH/c1-5-7(9)8-6(4-11-5)10-2-3-12-8;/h4,10H,2-3H2,1H3;1H. The topological polar surface area (TPSA) is 34.1 Å². The van der Waals surface area contributed by atoms with Gasteiger partial charge in [0.25, 0.3) is 0 Å². The SMILES string of the molecule is Cc1ncc2c(c1Br)OCCN2.Cl. The average Bonchev–Trinajstić information content (AvgIpc) is 2.12. The lowest BCUT2D eigenvalue weighted by molar-refractivity contribution is 0.320. The fraction of sp³-hybridized carbons (Fsp3) is 0.375. The largest absolute Gasteiger partial charge is 0.488 e. The Morgan fingerprint density at radius 3 is 3.15 bits per heavy atom. The Kier molecular flexibility index (Phi) is 3.39. The minimum Gasteiger partial charge on any atom is -0.488 e. The summed E-state index contributed by atoms with van der Waals surface area (Å²) in [6.45, 7) is 3.52. The molecule has 1 aliphatic heterocycles. The van der Waals surface area contributed by atoms with Gasteiger partial charge in [-0.25, -0.2) is 0 Å². The fourth-order valence-electron chi connectivity index (χ4n) is 1.17. The molecule has 5 heteroatoms. The molecule has 0 fully saturated rings. The van der Waals surface area contributed by atoms with Gasteiger partial charge in [-0.05, 0) is 22.9 Å². The van der Waals surface area contributed by atoms with Crippen molar-refractivity contribution < 1.29 is 4.74 Å². The van der Waals surface area contributed by atoms with Gasteiger partial charge in [-0.15, -0.1) is 12.4 Å². The number of fused-ring (bicyclic) bond motifs is 1. The van der Waals surface area contributed by atoms with E-state index in [0.717, 1.165) is 34.8 Å². The molecule has 0 saturated carbocycles. The van der Waals surface area contributed by atoms with Gasteiger partial charge < -0.3 is 10.1 Å². The van der Waals surface area contributed by atoms with Crippen molar-refractivity contribution in [3.63, 3.8) is 0 Å². The molecular formula is C8H10BrClN2O. The van der Waals surface area contributed by atoms with Crippen LogP contribution in [0.1, 0.15) is 5.69 Å². The summed E-state index contributed by atoms with van der Waals surface area (Å²) in [5.74, 6) is 0.883. The first kappa shape index (κ1) is 10.6. The van der Waals surface area contributed by atoms with E-state index in [4.69, 9.17) is 4.74 Å². The highest BCUT2D eigenvalue weighted by Gasteiger charge is 2.14. The highest BCUT2D eigenvalue weighted by atomic mass is 79.9. The molecule has 1 N–H and O–H groups in total. The summed E-state index contributed by atoms with van der Waals surface area (Å²) in [6, 6.07) is 0. The number of aryl methyl sites for hydroxylation is 1. The monoisotopic (exact) mass is 264 g/mol. The number of ether oxygens (including phenoxy) is 1. The Morgan fingerprint density at radius 2 is 2.38 bits per heavy atom. The van der Waals surface area contributed by atoms with Crippen LogP contribution in [0.2, 0.25) is 0 Å². The van der Waals surface area contributed by atoms with E-state index in [1.54, 1.807) is 6.20 Å². The van der Waals surface area contributed by atoms with Crippen molar-refractivity contribution in [1.29, 1.82) is 0 Å². The first-order chi connectivity index (χ1) is 5.79.